The summed E-state index contributed by atoms with van der Waals surface area (Å²) in [5, 5.41) is 4.73. The number of nitrogens with zero attached hydrogens (tertiary/aromatic N) is 3. The third kappa shape index (κ3) is 6.42. The lowest BCUT2D eigenvalue weighted by Gasteiger charge is -2.21. The number of amides is 1. The number of benzene rings is 2. The van der Waals surface area contributed by atoms with Crippen molar-refractivity contribution in [2.24, 2.45) is 0 Å². The Kier molecular flexibility index (Phi) is 7.99. The molecule has 0 atom stereocenters. The lowest BCUT2D eigenvalue weighted by Crippen LogP contribution is -2.37. The smallest absolute Gasteiger partial charge is 0.325 e. The summed E-state index contributed by atoms with van der Waals surface area (Å²) in [6.45, 7) is 0.229. The van der Waals surface area contributed by atoms with Gasteiger partial charge in [0.25, 0.3) is 11.5 Å². The van der Waals surface area contributed by atoms with Crippen molar-refractivity contribution in [3.05, 3.63) is 93.4 Å². The first-order chi connectivity index (χ1) is 15.5. The third-order valence-electron chi connectivity index (χ3n) is 4.52. The van der Waals surface area contributed by atoms with Crippen molar-refractivity contribution in [2.45, 2.75) is 13.1 Å². The van der Waals surface area contributed by atoms with Crippen molar-refractivity contribution in [1.82, 2.24) is 14.7 Å². The van der Waals surface area contributed by atoms with E-state index in [2.05, 4.69) is 5.10 Å². The number of para-hydroxylation sites is 1. The highest BCUT2D eigenvalue weighted by Gasteiger charge is 2.22. The average molecular weight is 456 g/mol. The fraction of sp³-hybridized carbons (Fsp3) is 0.217. The minimum atomic E-state index is -0.572. The van der Waals surface area contributed by atoms with E-state index in [9.17, 15) is 14.4 Å². The van der Waals surface area contributed by atoms with Crippen LogP contribution in [-0.4, -0.2) is 46.8 Å². The molecule has 0 saturated heterocycles. The molecule has 0 N–H and O–H groups in total. The van der Waals surface area contributed by atoms with Gasteiger partial charge in [-0.25, -0.2) is 4.68 Å². The van der Waals surface area contributed by atoms with E-state index in [-0.39, 0.29) is 37.5 Å². The van der Waals surface area contributed by atoms with Crippen molar-refractivity contribution in [2.75, 3.05) is 20.3 Å². The van der Waals surface area contributed by atoms with Gasteiger partial charge in [-0.15, -0.1) is 0 Å². The number of methoxy groups -OCH3 is 1. The first kappa shape index (κ1) is 23.0. The molecule has 0 fully saturated rings. The molecule has 0 unspecified atom stereocenters. The average Bonchev–Trinajstić information content (AvgIpc) is 2.81. The van der Waals surface area contributed by atoms with Gasteiger partial charge in [0.05, 0.1) is 13.7 Å². The van der Waals surface area contributed by atoms with E-state index in [4.69, 9.17) is 21.1 Å². The van der Waals surface area contributed by atoms with Crippen LogP contribution >= 0.6 is 11.6 Å². The normalized spacial score (nSPS) is 10.4. The molecule has 3 rings (SSSR count). The molecule has 1 amide bonds. The summed E-state index contributed by atoms with van der Waals surface area (Å²) < 4.78 is 11.5. The molecule has 8 nitrogen and oxygen atoms in total. The Morgan fingerprint density at radius 1 is 1.03 bits per heavy atom. The van der Waals surface area contributed by atoms with E-state index in [1.807, 2.05) is 18.2 Å². The highest BCUT2D eigenvalue weighted by Crippen LogP contribution is 2.13. The van der Waals surface area contributed by atoms with E-state index < -0.39 is 11.9 Å². The zero-order chi connectivity index (χ0) is 22.9. The van der Waals surface area contributed by atoms with Crippen molar-refractivity contribution in [3.8, 4) is 5.75 Å². The number of carbonyl (C=O) groups excluding carboxylic acids is 2. The van der Waals surface area contributed by atoms with Crippen LogP contribution in [0, 0.1) is 0 Å². The van der Waals surface area contributed by atoms with E-state index >= 15 is 0 Å². The number of ether oxygens (including phenoxy) is 2. The highest BCUT2D eigenvalue weighted by atomic mass is 35.5. The van der Waals surface area contributed by atoms with Crippen molar-refractivity contribution in [1.29, 1.82) is 0 Å². The van der Waals surface area contributed by atoms with Gasteiger partial charge in [0.15, 0.2) is 0 Å². The van der Waals surface area contributed by atoms with Gasteiger partial charge >= 0.3 is 5.97 Å². The third-order valence-corrected chi connectivity index (χ3v) is 4.77. The van der Waals surface area contributed by atoms with E-state index in [0.717, 1.165) is 10.2 Å². The monoisotopic (exact) mass is 455 g/mol. The van der Waals surface area contributed by atoms with Crippen molar-refractivity contribution >= 4 is 23.5 Å². The number of aromatic nitrogens is 2. The Balaban J connectivity index is 1.75. The van der Waals surface area contributed by atoms with Crippen LogP contribution in [0.4, 0.5) is 0 Å². The van der Waals surface area contributed by atoms with Crippen LogP contribution in [0.5, 0.6) is 5.75 Å². The molecule has 1 aromatic heterocycles. The second kappa shape index (κ2) is 11.1. The Bertz CT molecular complexity index is 1120. The molecule has 1 heterocycles. The Labute approximate surface area is 189 Å². The number of hydrogen-bond donors (Lipinski definition) is 0. The summed E-state index contributed by atoms with van der Waals surface area (Å²) in [6, 6.07) is 18.7. The fourth-order valence-electron chi connectivity index (χ4n) is 2.88. The topological polar surface area (TPSA) is 90.7 Å². The molecule has 0 aliphatic heterocycles. The second-order valence-corrected chi connectivity index (χ2v) is 7.24. The van der Waals surface area contributed by atoms with Crippen LogP contribution in [0.2, 0.25) is 5.02 Å². The predicted molar refractivity (Wildman–Crippen MR) is 119 cm³/mol. The van der Waals surface area contributed by atoms with Gasteiger partial charge in [-0.2, -0.15) is 5.10 Å². The highest BCUT2D eigenvalue weighted by molar-refractivity contribution is 6.30. The maximum atomic E-state index is 13.1. The lowest BCUT2D eigenvalue weighted by atomic mass is 10.2. The summed E-state index contributed by atoms with van der Waals surface area (Å²) in [4.78, 5) is 38.5. The quantitative estimate of drug-likeness (QED) is 0.461. The Morgan fingerprint density at radius 3 is 2.44 bits per heavy atom. The van der Waals surface area contributed by atoms with Crippen LogP contribution in [0.1, 0.15) is 16.1 Å². The van der Waals surface area contributed by atoms with Gasteiger partial charge in [-0.05, 0) is 35.9 Å². The fourth-order valence-corrected chi connectivity index (χ4v) is 3.01. The van der Waals surface area contributed by atoms with Gasteiger partial charge < -0.3 is 14.4 Å². The number of esters is 1. The van der Waals surface area contributed by atoms with E-state index in [1.54, 1.807) is 36.4 Å². The number of rotatable bonds is 9. The van der Waals surface area contributed by atoms with Gasteiger partial charge in [-0.1, -0.05) is 41.9 Å². The molecule has 0 aliphatic rings. The molecule has 32 heavy (non-hydrogen) atoms. The van der Waals surface area contributed by atoms with Crippen LogP contribution in [0.15, 0.2) is 71.5 Å². The Morgan fingerprint density at radius 2 is 1.75 bits per heavy atom. The van der Waals surface area contributed by atoms with Crippen LogP contribution < -0.4 is 10.3 Å². The number of hydrogen-bond acceptors (Lipinski definition) is 6. The first-order valence-corrected chi connectivity index (χ1v) is 10.2. The van der Waals surface area contributed by atoms with Gasteiger partial charge in [-0.3, -0.25) is 14.4 Å². The summed E-state index contributed by atoms with van der Waals surface area (Å²) in [6.07, 6.45) is 0. The summed E-state index contributed by atoms with van der Waals surface area (Å²) in [5.74, 6) is -0.417. The summed E-state index contributed by atoms with van der Waals surface area (Å²) in [5.41, 5.74) is 0.439. The SMILES string of the molecule is COC(=O)CN(Cc1ccc(Cl)cc1)C(=O)c1ccc(=O)n(CCOc2ccccc2)n1. The second-order valence-electron chi connectivity index (χ2n) is 6.81. The van der Waals surface area contributed by atoms with Crippen molar-refractivity contribution in [3.63, 3.8) is 0 Å². The molecule has 2 aromatic carbocycles. The van der Waals surface area contributed by atoms with Gasteiger partial charge in [0.1, 0.15) is 24.6 Å². The Hall–Kier alpha value is -3.65. The first-order valence-electron chi connectivity index (χ1n) is 9.83. The molecular weight excluding hydrogens is 434 g/mol. The molecule has 9 heteroatoms. The molecule has 0 aliphatic carbocycles. The minimum absolute atomic E-state index is 0.0298. The summed E-state index contributed by atoms with van der Waals surface area (Å²) >= 11 is 5.92. The molecule has 3 aromatic rings. The lowest BCUT2D eigenvalue weighted by molar-refractivity contribution is -0.141. The number of halogens is 1. The zero-order valence-electron chi connectivity index (χ0n) is 17.4. The van der Waals surface area contributed by atoms with Crippen molar-refractivity contribution < 1.29 is 19.1 Å². The van der Waals surface area contributed by atoms with Gasteiger partial charge in [0.2, 0.25) is 0 Å². The molecule has 166 valence electrons. The standard InChI is InChI=1S/C23H22ClN3O5/c1-31-22(29)16-26(15-17-7-9-18(24)10-8-17)23(30)20-11-12-21(28)27(25-20)13-14-32-19-5-3-2-4-6-19/h2-12H,13-16H2,1H3. The maximum absolute atomic E-state index is 13.1. The van der Waals surface area contributed by atoms with Crippen LogP contribution in [0.25, 0.3) is 0 Å². The molecule has 0 bridgehead atoms. The molecule has 0 saturated carbocycles. The van der Waals surface area contributed by atoms with Crippen LogP contribution in [-0.2, 0) is 22.6 Å². The minimum Gasteiger partial charge on any atom is -0.492 e. The largest absolute Gasteiger partial charge is 0.492 e. The molecular formula is C23H22ClN3O5. The molecule has 0 spiro atoms. The van der Waals surface area contributed by atoms with E-state index in [0.29, 0.717) is 10.8 Å². The van der Waals surface area contributed by atoms with Crippen LogP contribution in [0.3, 0.4) is 0 Å². The molecule has 0 radical (unpaired) electrons. The maximum Gasteiger partial charge on any atom is 0.325 e. The summed E-state index contributed by atoms with van der Waals surface area (Å²) in [7, 11) is 1.25. The van der Waals surface area contributed by atoms with Gasteiger partial charge in [0, 0.05) is 17.6 Å². The zero-order valence-corrected chi connectivity index (χ0v) is 18.2. The predicted octanol–water partition coefficient (Wildman–Crippen LogP) is 2.79. The number of carbonyl (C=O) groups is 2. The van der Waals surface area contributed by atoms with E-state index in [1.165, 1.54) is 24.1 Å².